The van der Waals surface area contributed by atoms with Crippen LogP contribution in [0.3, 0.4) is 0 Å². The van der Waals surface area contributed by atoms with Crippen LogP contribution in [-0.2, 0) is 0 Å². The Bertz CT molecular complexity index is 286. The van der Waals surface area contributed by atoms with Gasteiger partial charge in [-0.1, -0.05) is 0 Å². The summed E-state index contributed by atoms with van der Waals surface area (Å²) in [5, 5.41) is 0. The molecule has 0 aliphatic carbocycles. The first-order chi connectivity index (χ1) is 7.60. The van der Waals surface area contributed by atoms with Gasteiger partial charge in [0, 0.05) is 0 Å². The van der Waals surface area contributed by atoms with E-state index in [0.29, 0.717) is 0 Å². The lowest BCUT2D eigenvalue weighted by Crippen LogP contribution is -2.61. The van der Waals surface area contributed by atoms with Gasteiger partial charge < -0.3 is 0 Å². The summed E-state index contributed by atoms with van der Waals surface area (Å²) in [5.41, 5.74) is -7.07. The Morgan fingerprint density at radius 2 is 0.944 bits per heavy atom. The van der Waals surface area contributed by atoms with Gasteiger partial charge in [-0.05, 0) is 0 Å². The molecule has 0 aromatic carbocycles. The molecule has 0 nitrogen and oxygen atoms in total. The second-order valence-electron chi connectivity index (χ2n) is 2.80. The number of hydrogen-bond donors (Lipinski definition) is 0. The van der Waals surface area contributed by atoms with Gasteiger partial charge in [-0.3, -0.25) is 0 Å². The van der Waals surface area contributed by atoms with Crippen LogP contribution in [0.4, 0.5) is 52.7 Å². The topological polar surface area (TPSA) is 0 Å². The fraction of sp³-hybridized carbons (Fsp3) is 0.667. The summed E-state index contributed by atoms with van der Waals surface area (Å²) in [6.07, 6.45) is -23.5. The number of alkyl halides is 9. The lowest BCUT2D eigenvalue weighted by atomic mass is 9.93. The molecule has 0 fully saturated rings. The first-order valence-corrected chi connectivity index (χ1v) is 3.52. The summed E-state index contributed by atoms with van der Waals surface area (Å²) < 4.78 is 142. The van der Waals surface area contributed by atoms with E-state index in [4.69, 9.17) is 0 Å². The molecule has 108 valence electrons. The van der Waals surface area contributed by atoms with Gasteiger partial charge in [0.25, 0.3) is 0 Å². The average molecular weight is 300 g/mol. The monoisotopic (exact) mass is 300 g/mol. The molecule has 18 heavy (non-hydrogen) atoms. The SMILES string of the molecule is F[C](C(F)(F)F)C(F)(F)C(F)([C](F)F)C(F)(F)F. The average Bonchev–Trinajstić information content (AvgIpc) is 2.11. The molecule has 1 unspecified atom stereocenters. The highest BCUT2D eigenvalue weighted by Crippen LogP contribution is 2.58. The molecule has 0 bridgehead atoms. The van der Waals surface area contributed by atoms with Crippen molar-refractivity contribution < 1.29 is 52.7 Å². The molecule has 0 saturated carbocycles. The van der Waals surface area contributed by atoms with Gasteiger partial charge in [0.1, 0.15) is 0 Å². The predicted octanol–water partition coefficient (Wildman–Crippen LogP) is 4.38. The third-order valence-electron chi connectivity index (χ3n) is 1.61. The standard InChI is InChI=1S/C6F12/c7-1(5(13,14)15)4(11,12)3(10,2(8)9)6(16,17)18. The van der Waals surface area contributed by atoms with Crippen LogP contribution in [0.2, 0.25) is 0 Å². The quantitative estimate of drug-likeness (QED) is 0.678. The molecule has 0 aliphatic heterocycles. The van der Waals surface area contributed by atoms with Gasteiger partial charge in [0.05, 0.1) is 0 Å². The zero-order chi connectivity index (χ0) is 15.2. The Morgan fingerprint density at radius 1 is 0.611 bits per heavy atom. The highest BCUT2D eigenvalue weighted by Gasteiger charge is 2.83. The maximum Gasteiger partial charge on any atom is 0.435 e. The molecule has 2 radical (unpaired) electrons. The van der Waals surface area contributed by atoms with Crippen LogP contribution in [0.25, 0.3) is 0 Å². The van der Waals surface area contributed by atoms with E-state index >= 15 is 0 Å². The van der Waals surface area contributed by atoms with Crippen LogP contribution in [0.15, 0.2) is 0 Å². The molecule has 1 atom stereocenters. The lowest BCUT2D eigenvalue weighted by Gasteiger charge is -2.34. The number of rotatable bonds is 3. The van der Waals surface area contributed by atoms with Crippen molar-refractivity contribution in [1.82, 2.24) is 0 Å². The minimum absolute atomic E-state index is 4.75. The summed E-state index contributed by atoms with van der Waals surface area (Å²) in [5.74, 6) is -7.15. The molecule has 0 aliphatic rings. The zero-order valence-electron chi connectivity index (χ0n) is 7.54. The van der Waals surface area contributed by atoms with Crippen molar-refractivity contribution in [2.75, 3.05) is 0 Å². The van der Waals surface area contributed by atoms with Gasteiger partial charge >= 0.3 is 36.5 Å². The molecule has 12 heteroatoms. The molecule has 0 N–H and O–H groups in total. The summed E-state index contributed by atoms with van der Waals surface area (Å²) in [6, 6.07) is 0. The van der Waals surface area contributed by atoms with Crippen molar-refractivity contribution in [2.45, 2.75) is 23.9 Å². The molecule has 0 spiro atoms. The highest BCUT2D eigenvalue weighted by molar-refractivity contribution is 5.19. The molecule has 0 rings (SSSR count). The fourth-order valence-electron chi connectivity index (χ4n) is 0.733. The van der Waals surface area contributed by atoms with E-state index in [-0.39, 0.29) is 0 Å². The van der Waals surface area contributed by atoms with Crippen LogP contribution >= 0.6 is 0 Å². The van der Waals surface area contributed by atoms with Crippen LogP contribution in [0.1, 0.15) is 0 Å². The van der Waals surface area contributed by atoms with Crippen LogP contribution < -0.4 is 0 Å². The van der Waals surface area contributed by atoms with E-state index in [9.17, 15) is 52.7 Å². The van der Waals surface area contributed by atoms with Crippen molar-refractivity contribution in [2.24, 2.45) is 0 Å². The maximum atomic E-state index is 12.6. The number of halogens is 12. The van der Waals surface area contributed by atoms with E-state index in [1.165, 1.54) is 0 Å². The van der Waals surface area contributed by atoms with Crippen molar-refractivity contribution in [3.05, 3.63) is 12.6 Å². The van der Waals surface area contributed by atoms with Gasteiger partial charge in [0.2, 0.25) is 0 Å². The molecular weight excluding hydrogens is 300 g/mol. The summed E-state index contributed by atoms with van der Waals surface area (Å²) in [4.78, 5) is 0. The Labute approximate surface area is 90.6 Å². The first-order valence-electron chi connectivity index (χ1n) is 3.52. The van der Waals surface area contributed by atoms with Gasteiger partial charge in [-0.2, -0.15) is 43.9 Å². The van der Waals surface area contributed by atoms with Gasteiger partial charge in [0.15, 0.2) is 0 Å². The Hall–Kier alpha value is -0.840. The van der Waals surface area contributed by atoms with Gasteiger partial charge in [-0.25, -0.2) is 8.78 Å². The van der Waals surface area contributed by atoms with Gasteiger partial charge in [-0.15, -0.1) is 0 Å². The first kappa shape index (κ1) is 17.2. The maximum absolute atomic E-state index is 12.6. The van der Waals surface area contributed by atoms with Crippen molar-refractivity contribution in [1.29, 1.82) is 0 Å². The van der Waals surface area contributed by atoms with E-state index in [2.05, 4.69) is 0 Å². The fourth-order valence-corrected chi connectivity index (χ4v) is 0.733. The second kappa shape index (κ2) is 4.37. The molecule has 0 aromatic heterocycles. The van der Waals surface area contributed by atoms with E-state index in [0.717, 1.165) is 0 Å². The molecule has 0 amide bonds. The Morgan fingerprint density at radius 3 is 1.11 bits per heavy atom. The largest absolute Gasteiger partial charge is 0.435 e. The molecular formula is C6F12. The van der Waals surface area contributed by atoms with Crippen molar-refractivity contribution in [3.63, 3.8) is 0 Å². The normalized spacial score (nSPS) is 18.3. The summed E-state index contributed by atoms with van der Waals surface area (Å²) in [7, 11) is 0. The second-order valence-corrected chi connectivity index (χ2v) is 2.80. The lowest BCUT2D eigenvalue weighted by molar-refractivity contribution is -0.328. The van der Waals surface area contributed by atoms with E-state index in [1.807, 2.05) is 0 Å². The predicted molar refractivity (Wildman–Crippen MR) is 30.7 cm³/mol. The summed E-state index contributed by atoms with van der Waals surface area (Å²) >= 11 is 0. The van der Waals surface area contributed by atoms with Crippen molar-refractivity contribution in [3.8, 4) is 0 Å². The van der Waals surface area contributed by atoms with E-state index in [1.54, 1.807) is 0 Å². The van der Waals surface area contributed by atoms with Crippen LogP contribution in [-0.4, -0.2) is 23.9 Å². The third kappa shape index (κ3) is 2.46. The Kier molecular flexibility index (Phi) is 4.16. The molecule has 0 aromatic rings. The van der Waals surface area contributed by atoms with Crippen LogP contribution in [0.5, 0.6) is 0 Å². The molecule has 0 saturated heterocycles. The third-order valence-corrected chi connectivity index (χ3v) is 1.61. The number of hydrogen-bond acceptors (Lipinski definition) is 0. The minimum Gasteiger partial charge on any atom is -0.222 e. The van der Waals surface area contributed by atoms with Crippen LogP contribution in [0, 0.1) is 12.6 Å². The minimum atomic E-state index is -7.15. The van der Waals surface area contributed by atoms with Crippen molar-refractivity contribution >= 4 is 0 Å². The smallest absolute Gasteiger partial charge is 0.222 e. The van der Waals surface area contributed by atoms with E-state index < -0.39 is 36.5 Å². The summed E-state index contributed by atoms with van der Waals surface area (Å²) in [6.45, 7) is 0. The Balaban J connectivity index is 5.80. The zero-order valence-corrected chi connectivity index (χ0v) is 7.54. The molecule has 0 heterocycles. The highest BCUT2D eigenvalue weighted by atomic mass is 19.4.